The van der Waals surface area contributed by atoms with Crippen LogP contribution in [0.15, 0.2) is 24.3 Å². The Hall–Kier alpha value is -1.06. The third-order valence-corrected chi connectivity index (χ3v) is 3.32. The Kier molecular flexibility index (Phi) is 4.83. The van der Waals surface area contributed by atoms with Crippen molar-refractivity contribution in [3.8, 4) is 5.75 Å². The molecule has 1 aliphatic rings. The lowest BCUT2D eigenvalue weighted by Gasteiger charge is -2.23. The van der Waals surface area contributed by atoms with Crippen LogP contribution in [0.1, 0.15) is 18.4 Å². The average Bonchev–Trinajstić information content (AvgIpc) is 2.40. The molecule has 0 amide bonds. The maximum atomic E-state index is 5.22. The quantitative estimate of drug-likeness (QED) is 0.811. The Bertz CT molecular complexity index is 335. The van der Waals surface area contributed by atoms with Crippen LogP contribution in [0.2, 0.25) is 0 Å². The van der Waals surface area contributed by atoms with Crippen LogP contribution >= 0.6 is 0 Å². The number of hydrogen-bond acceptors (Lipinski definition) is 3. The second-order valence-corrected chi connectivity index (χ2v) is 4.58. The summed E-state index contributed by atoms with van der Waals surface area (Å²) in [6.45, 7) is 3.35. The Morgan fingerprint density at radius 2 is 2.18 bits per heavy atom. The minimum atomic E-state index is 0.696. The van der Waals surface area contributed by atoms with Gasteiger partial charge in [0.1, 0.15) is 5.75 Å². The molecule has 0 radical (unpaired) electrons. The zero-order valence-corrected chi connectivity index (χ0v) is 10.5. The van der Waals surface area contributed by atoms with Crippen LogP contribution in [0, 0.1) is 0 Å². The van der Waals surface area contributed by atoms with E-state index in [1.165, 1.54) is 18.4 Å². The van der Waals surface area contributed by atoms with Crippen LogP contribution in [0.4, 0.5) is 0 Å². The predicted octanol–water partition coefficient (Wildman–Crippen LogP) is 1.58. The first-order valence-electron chi connectivity index (χ1n) is 6.45. The maximum absolute atomic E-state index is 5.22. The molecule has 1 heterocycles. The molecule has 1 fully saturated rings. The maximum Gasteiger partial charge on any atom is 0.119 e. The Balaban J connectivity index is 1.73. The molecular formula is C14H22N2O. The van der Waals surface area contributed by atoms with E-state index in [1.807, 2.05) is 6.07 Å². The number of ether oxygens (including phenoxy) is 1. The number of rotatable bonds is 5. The molecule has 94 valence electrons. The SMILES string of the molecule is COc1cccc(CCNC2CCNCC2)c1. The van der Waals surface area contributed by atoms with Gasteiger partial charge in [0.25, 0.3) is 0 Å². The van der Waals surface area contributed by atoms with Gasteiger partial charge in [-0.05, 0) is 56.6 Å². The molecule has 0 aliphatic carbocycles. The summed E-state index contributed by atoms with van der Waals surface area (Å²) in [6.07, 6.45) is 3.57. The Morgan fingerprint density at radius 3 is 2.94 bits per heavy atom. The zero-order chi connectivity index (χ0) is 11.9. The Labute approximate surface area is 104 Å². The van der Waals surface area contributed by atoms with Gasteiger partial charge in [-0.2, -0.15) is 0 Å². The van der Waals surface area contributed by atoms with E-state index in [1.54, 1.807) is 7.11 Å². The van der Waals surface area contributed by atoms with E-state index in [2.05, 4.69) is 28.8 Å². The fourth-order valence-corrected chi connectivity index (χ4v) is 2.27. The van der Waals surface area contributed by atoms with Crippen molar-refractivity contribution >= 4 is 0 Å². The van der Waals surface area contributed by atoms with E-state index in [9.17, 15) is 0 Å². The molecule has 3 heteroatoms. The fourth-order valence-electron chi connectivity index (χ4n) is 2.27. The van der Waals surface area contributed by atoms with Crippen molar-refractivity contribution in [3.05, 3.63) is 29.8 Å². The van der Waals surface area contributed by atoms with Crippen LogP contribution in [0.25, 0.3) is 0 Å². The highest BCUT2D eigenvalue weighted by Crippen LogP contribution is 2.12. The number of piperidine rings is 1. The van der Waals surface area contributed by atoms with Crippen molar-refractivity contribution in [3.63, 3.8) is 0 Å². The standard InChI is InChI=1S/C14H22N2O/c1-17-14-4-2-3-12(11-14)5-10-16-13-6-8-15-9-7-13/h2-4,11,13,15-16H,5-10H2,1H3. The predicted molar refractivity (Wildman–Crippen MR) is 70.6 cm³/mol. The molecule has 1 aromatic carbocycles. The van der Waals surface area contributed by atoms with Gasteiger partial charge in [-0.3, -0.25) is 0 Å². The van der Waals surface area contributed by atoms with Gasteiger partial charge in [-0.15, -0.1) is 0 Å². The average molecular weight is 234 g/mol. The molecule has 1 aliphatic heterocycles. The highest BCUT2D eigenvalue weighted by atomic mass is 16.5. The first-order valence-corrected chi connectivity index (χ1v) is 6.45. The lowest BCUT2D eigenvalue weighted by atomic mass is 10.1. The van der Waals surface area contributed by atoms with Gasteiger partial charge in [-0.1, -0.05) is 12.1 Å². The first-order chi connectivity index (χ1) is 8.38. The molecule has 2 rings (SSSR count). The van der Waals surface area contributed by atoms with Gasteiger partial charge >= 0.3 is 0 Å². The van der Waals surface area contributed by atoms with Crippen molar-refractivity contribution in [1.82, 2.24) is 10.6 Å². The number of hydrogen-bond donors (Lipinski definition) is 2. The van der Waals surface area contributed by atoms with Crippen molar-refractivity contribution in [2.75, 3.05) is 26.7 Å². The van der Waals surface area contributed by atoms with Gasteiger partial charge in [0.15, 0.2) is 0 Å². The van der Waals surface area contributed by atoms with Gasteiger partial charge in [0.2, 0.25) is 0 Å². The van der Waals surface area contributed by atoms with Crippen LogP contribution in [-0.2, 0) is 6.42 Å². The van der Waals surface area contributed by atoms with Crippen LogP contribution < -0.4 is 15.4 Å². The van der Waals surface area contributed by atoms with E-state index in [4.69, 9.17) is 4.74 Å². The third kappa shape index (κ3) is 4.02. The van der Waals surface area contributed by atoms with Gasteiger partial charge < -0.3 is 15.4 Å². The summed E-state index contributed by atoms with van der Waals surface area (Å²) < 4.78 is 5.22. The third-order valence-electron chi connectivity index (χ3n) is 3.32. The molecule has 17 heavy (non-hydrogen) atoms. The largest absolute Gasteiger partial charge is 0.497 e. The van der Waals surface area contributed by atoms with E-state index in [0.717, 1.165) is 31.8 Å². The molecule has 0 atom stereocenters. The topological polar surface area (TPSA) is 33.3 Å². The molecule has 2 N–H and O–H groups in total. The molecule has 0 unspecified atom stereocenters. The number of benzene rings is 1. The summed E-state index contributed by atoms with van der Waals surface area (Å²) in [5, 5.41) is 7.01. The molecular weight excluding hydrogens is 212 g/mol. The smallest absolute Gasteiger partial charge is 0.119 e. The fraction of sp³-hybridized carbons (Fsp3) is 0.571. The molecule has 0 spiro atoms. The van der Waals surface area contributed by atoms with Crippen molar-refractivity contribution in [1.29, 1.82) is 0 Å². The summed E-state index contributed by atoms with van der Waals surface area (Å²) in [5.74, 6) is 0.948. The van der Waals surface area contributed by atoms with Crippen LogP contribution in [-0.4, -0.2) is 32.8 Å². The van der Waals surface area contributed by atoms with Gasteiger partial charge in [0.05, 0.1) is 7.11 Å². The highest BCUT2D eigenvalue weighted by Gasteiger charge is 2.11. The van der Waals surface area contributed by atoms with Crippen LogP contribution in [0.5, 0.6) is 5.75 Å². The molecule has 0 aromatic heterocycles. The van der Waals surface area contributed by atoms with Crippen molar-refractivity contribution in [2.24, 2.45) is 0 Å². The molecule has 0 bridgehead atoms. The van der Waals surface area contributed by atoms with Gasteiger partial charge in [-0.25, -0.2) is 0 Å². The lowest BCUT2D eigenvalue weighted by molar-refractivity contribution is 0.389. The number of methoxy groups -OCH3 is 1. The van der Waals surface area contributed by atoms with Crippen molar-refractivity contribution < 1.29 is 4.74 Å². The molecule has 1 aromatic rings. The summed E-state index contributed by atoms with van der Waals surface area (Å²) >= 11 is 0. The Morgan fingerprint density at radius 1 is 1.35 bits per heavy atom. The molecule has 1 saturated heterocycles. The minimum absolute atomic E-state index is 0.696. The van der Waals surface area contributed by atoms with E-state index in [-0.39, 0.29) is 0 Å². The minimum Gasteiger partial charge on any atom is -0.497 e. The summed E-state index contributed by atoms with van der Waals surface area (Å²) in [4.78, 5) is 0. The first kappa shape index (κ1) is 12.4. The second kappa shape index (κ2) is 6.62. The van der Waals surface area contributed by atoms with E-state index >= 15 is 0 Å². The second-order valence-electron chi connectivity index (χ2n) is 4.58. The van der Waals surface area contributed by atoms with E-state index in [0.29, 0.717) is 6.04 Å². The van der Waals surface area contributed by atoms with Crippen LogP contribution in [0.3, 0.4) is 0 Å². The summed E-state index contributed by atoms with van der Waals surface area (Å²) in [7, 11) is 1.71. The summed E-state index contributed by atoms with van der Waals surface area (Å²) in [6, 6.07) is 9.01. The van der Waals surface area contributed by atoms with Crippen molar-refractivity contribution in [2.45, 2.75) is 25.3 Å². The monoisotopic (exact) mass is 234 g/mol. The van der Waals surface area contributed by atoms with E-state index < -0.39 is 0 Å². The lowest BCUT2D eigenvalue weighted by Crippen LogP contribution is -2.40. The molecule has 0 saturated carbocycles. The normalized spacial score (nSPS) is 17.0. The number of nitrogens with one attached hydrogen (secondary N) is 2. The van der Waals surface area contributed by atoms with Gasteiger partial charge in [0, 0.05) is 6.04 Å². The zero-order valence-electron chi connectivity index (χ0n) is 10.5. The summed E-state index contributed by atoms with van der Waals surface area (Å²) in [5.41, 5.74) is 1.34. The molecule has 3 nitrogen and oxygen atoms in total. The highest BCUT2D eigenvalue weighted by molar-refractivity contribution is 5.28.